The Labute approximate surface area is 117 Å². The summed E-state index contributed by atoms with van der Waals surface area (Å²) in [4.78, 5) is 0. The standard InChI is InChI=1S/C16H11ClN2/c17-16-7-3-12(4-8-16)9-15(11-19)14-5-1-13(10-18)2-6-14/h1-8,15H,9H2. The van der Waals surface area contributed by atoms with E-state index < -0.39 is 0 Å². The molecule has 92 valence electrons. The van der Waals surface area contributed by atoms with Crippen molar-refractivity contribution in [3.8, 4) is 12.1 Å². The van der Waals surface area contributed by atoms with Crippen molar-refractivity contribution in [2.24, 2.45) is 0 Å². The fraction of sp³-hybridized carbons (Fsp3) is 0.125. The Balaban J connectivity index is 2.18. The number of benzene rings is 2. The number of hydrogen-bond donors (Lipinski definition) is 0. The van der Waals surface area contributed by atoms with E-state index in [1.807, 2.05) is 36.4 Å². The van der Waals surface area contributed by atoms with E-state index in [1.165, 1.54) is 0 Å². The van der Waals surface area contributed by atoms with Crippen molar-refractivity contribution < 1.29 is 0 Å². The van der Waals surface area contributed by atoms with E-state index in [0.29, 0.717) is 17.0 Å². The third-order valence-electron chi connectivity index (χ3n) is 2.95. The molecule has 0 aliphatic carbocycles. The fourth-order valence-electron chi connectivity index (χ4n) is 1.88. The lowest BCUT2D eigenvalue weighted by Crippen LogP contribution is -2.00. The Morgan fingerprint density at radius 3 is 2.11 bits per heavy atom. The second-order valence-electron chi connectivity index (χ2n) is 4.25. The summed E-state index contributed by atoms with van der Waals surface area (Å²) in [6.45, 7) is 0. The van der Waals surface area contributed by atoms with Crippen LogP contribution in [0, 0.1) is 22.7 Å². The van der Waals surface area contributed by atoms with Crippen LogP contribution < -0.4 is 0 Å². The minimum atomic E-state index is -0.214. The van der Waals surface area contributed by atoms with Gasteiger partial charge in [-0.2, -0.15) is 10.5 Å². The number of nitrogens with zero attached hydrogens (tertiary/aromatic N) is 2. The average molecular weight is 267 g/mol. The van der Waals surface area contributed by atoms with Crippen molar-refractivity contribution in [2.45, 2.75) is 12.3 Å². The second kappa shape index (κ2) is 6.05. The maximum absolute atomic E-state index is 9.28. The molecule has 1 atom stereocenters. The summed E-state index contributed by atoms with van der Waals surface area (Å²) in [6.07, 6.45) is 0.638. The molecule has 3 heteroatoms. The Hall–Kier alpha value is -2.29. The maximum Gasteiger partial charge on any atom is 0.0991 e. The number of hydrogen-bond acceptors (Lipinski definition) is 2. The van der Waals surface area contributed by atoms with Gasteiger partial charge in [-0.05, 0) is 41.8 Å². The molecule has 1 unspecified atom stereocenters. The smallest absolute Gasteiger partial charge is 0.0991 e. The van der Waals surface area contributed by atoms with Crippen LogP contribution >= 0.6 is 11.6 Å². The predicted molar refractivity (Wildman–Crippen MR) is 74.7 cm³/mol. The molecule has 2 rings (SSSR count). The van der Waals surface area contributed by atoms with Crippen LogP contribution in [0.4, 0.5) is 0 Å². The molecule has 2 nitrogen and oxygen atoms in total. The number of halogens is 1. The molecule has 0 aliphatic heterocycles. The van der Waals surface area contributed by atoms with Crippen LogP contribution in [-0.4, -0.2) is 0 Å². The van der Waals surface area contributed by atoms with Gasteiger partial charge in [0.2, 0.25) is 0 Å². The molecule has 0 radical (unpaired) electrons. The topological polar surface area (TPSA) is 47.6 Å². The van der Waals surface area contributed by atoms with Gasteiger partial charge >= 0.3 is 0 Å². The van der Waals surface area contributed by atoms with Crippen LogP contribution in [0.15, 0.2) is 48.5 Å². The molecule has 0 saturated heterocycles. The first-order valence-electron chi connectivity index (χ1n) is 5.87. The molecular weight excluding hydrogens is 256 g/mol. The molecule has 0 N–H and O–H groups in total. The number of nitriles is 2. The van der Waals surface area contributed by atoms with E-state index in [-0.39, 0.29) is 5.92 Å². The quantitative estimate of drug-likeness (QED) is 0.841. The van der Waals surface area contributed by atoms with Gasteiger partial charge in [-0.25, -0.2) is 0 Å². The van der Waals surface area contributed by atoms with Crippen molar-refractivity contribution in [2.75, 3.05) is 0 Å². The van der Waals surface area contributed by atoms with Gasteiger partial charge in [-0.15, -0.1) is 0 Å². The van der Waals surface area contributed by atoms with E-state index in [9.17, 15) is 5.26 Å². The third kappa shape index (κ3) is 3.35. The lowest BCUT2D eigenvalue weighted by molar-refractivity contribution is 0.849. The average Bonchev–Trinajstić information content (AvgIpc) is 2.47. The molecule has 0 spiro atoms. The minimum absolute atomic E-state index is 0.214. The summed E-state index contributed by atoms with van der Waals surface area (Å²) in [5.41, 5.74) is 2.60. The van der Waals surface area contributed by atoms with Gasteiger partial charge in [0, 0.05) is 5.02 Å². The van der Waals surface area contributed by atoms with E-state index in [2.05, 4.69) is 12.1 Å². The summed E-state index contributed by atoms with van der Waals surface area (Å²) in [5, 5.41) is 18.7. The zero-order valence-corrected chi connectivity index (χ0v) is 10.9. The molecule has 2 aromatic rings. The van der Waals surface area contributed by atoms with E-state index >= 15 is 0 Å². The van der Waals surface area contributed by atoms with Crippen LogP contribution in [0.1, 0.15) is 22.6 Å². The maximum atomic E-state index is 9.28. The Morgan fingerprint density at radius 1 is 0.947 bits per heavy atom. The first-order chi connectivity index (χ1) is 9.22. The monoisotopic (exact) mass is 266 g/mol. The third-order valence-corrected chi connectivity index (χ3v) is 3.20. The fourth-order valence-corrected chi connectivity index (χ4v) is 2.01. The van der Waals surface area contributed by atoms with Crippen molar-refractivity contribution in [1.82, 2.24) is 0 Å². The second-order valence-corrected chi connectivity index (χ2v) is 4.68. The Bertz CT molecular complexity index is 630. The summed E-state index contributed by atoms with van der Waals surface area (Å²) >= 11 is 5.84. The molecule has 0 amide bonds. The molecule has 2 aromatic carbocycles. The van der Waals surface area contributed by atoms with Crippen LogP contribution in [0.5, 0.6) is 0 Å². The van der Waals surface area contributed by atoms with Gasteiger partial charge < -0.3 is 0 Å². The van der Waals surface area contributed by atoms with Crippen molar-refractivity contribution in [3.05, 3.63) is 70.2 Å². The SMILES string of the molecule is N#Cc1ccc(C(C#N)Cc2ccc(Cl)cc2)cc1. The summed E-state index contributed by atoms with van der Waals surface area (Å²) < 4.78 is 0. The molecule has 0 bridgehead atoms. The van der Waals surface area contributed by atoms with Crippen LogP contribution in [0.3, 0.4) is 0 Å². The molecule has 0 saturated carbocycles. The highest BCUT2D eigenvalue weighted by atomic mass is 35.5. The first-order valence-corrected chi connectivity index (χ1v) is 6.25. The van der Waals surface area contributed by atoms with E-state index in [1.54, 1.807) is 12.1 Å². The van der Waals surface area contributed by atoms with Gasteiger partial charge in [0.25, 0.3) is 0 Å². The minimum Gasteiger partial charge on any atom is -0.198 e. The molecule has 0 heterocycles. The molecule has 0 aromatic heterocycles. The molecular formula is C16H11ClN2. The highest BCUT2D eigenvalue weighted by molar-refractivity contribution is 6.30. The predicted octanol–water partition coefficient (Wildman–Crippen LogP) is 4.06. The Kier molecular flexibility index (Phi) is 4.18. The van der Waals surface area contributed by atoms with Crippen molar-refractivity contribution in [3.63, 3.8) is 0 Å². The number of rotatable bonds is 3. The van der Waals surface area contributed by atoms with Crippen LogP contribution in [0.25, 0.3) is 0 Å². The van der Waals surface area contributed by atoms with E-state index in [4.69, 9.17) is 16.9 Å². The first kappa shape index (κ1) is 13.1. The highest BCUT2D eigenvalue weighted by Gasteiger charge is 2.11. The van der Waals surface area contributed by atoms with Crippen LogP contribution in [0.2, 0.25) is 5.02 Å². The van der Waals surface area contributed by atoms with Crippen molar-refractivity contribution >= 4 is 11.6 Å². The molecule has 0 aliphatic rings. The lowest BCUT2D eigenvalue weighted by Gasteiger charge is -2.09. The molecule has 0 fully saturated rings. The molecule has 19 heavy (non-hydrogen) atoms. The van der Waals surface area contributed by atoms with E-state index in [0.717, 1.165) is 11.1 Å². The van der Waals surface area contributed by atoms with Gasteiger partial charge in [-0.3, -0.25) is 0 Å². The lowest BCUT2D eigenvalue weighted by atomic mass is 9.93. The van der Waals surface area contributed by atoms with Crippen molar-refractivity contribution in [1.29, 1.82) is 10.5 Å². The van der Waals surface area contributed by atoms with Gasteiger partial charge in [0.05, 0.1) is 23.6 Å². The summed E-state index contributed by atoms with van der Waals surface area (Å²) in [7, 11) is 0. The van der Waals surface area contributed by atoms with Gasteiger partial charge in [0.15, 0.2) is 0 Å². The highest BCUT2D eigenvalue weighted by Crippen LogP contribution is 2.21. The Morgan fingerprint density at radius 2 is 1.58 bits per heavy atom. The zero-order valence-electron chi connectivity index (χ0n) is 10.2. The normalized spacial score (nSPS) is 11.3. The zero-order chi connectivity index (χ0) is 13.7. The van der Waals surface area contributed by atoms with Gasteiger partial charge in [0.1, 0.15) is 0 Å². The summed E-state index contributed by atoms with van der Waals surface area (Å²) in [6, 6.07) is 19.0. The summed E-state index contributed by atoms with van der Waals surface area (Å²) in [5.74, 6) is -0.214. The largest absolute Gasteiger partial charge is 0.198 e. The van der Waals surface area contributed by atoms with Crippen LogP contribution in [-0.2, 0) is 6.42 Å². The van der Waals surface area contributed by atoms with Gasteiger partial charge in [-0.1, -0.05) is 35.9 Å².